The minimum absolute atomic E-state index is 0.0187. The maximum Gasteiger partial charge on any atom is 0.326 e. The van der Waals surface area contributed by atoms with Gasteiger partial charge in [-0.3, -0.25) is 14.4 Å². The van der Waals surface area contributed by atoms with E-state index in [2.05, 4.69) is 10.6 Å². The predicted molar refractivity (Wildman–Crippen MR) is 99.2 cm³/mol. The summed E-state index contributed by atoms with van der Waals surface area (Å²) in [6.45, 7) is 3.19. The summed E-state index contributed by atoms with van der Waals surface area (Å²) < 4.78 is 0. The van der Waals surface area contributed by atoms with Gasteiger partial charge in [0.05, 0.1) is 6.42 Å². The van der Waals surface area contributed by atoms with Gasteiger partial charge >= 0.3 is 5.97 Å². The summed E-state index contributed by atoms with van der Waals surface area (Å²) in [5.74, 6) is -1.58. The highest BCUT2D eigenvalue weighted by atomic mass is 16.4. The Kier molecular flexibility index (Phi) is 6.92. The lowest BCUT2D eigenvalue weighted by Crippen LogP contribution is -2.46. The number of carbonyl (C=O) groups is 4. The molecule has 1 atom stereocenters. The van der Waals surface area contributed by atoms with E-state index >= 15 is 0 Å². The van der Waals surface area contributed by atoms with Gasteiger partial charge in [0.1, 0.15) is 6.04 Å². The van der Waals surface area contributed by atoms with Gasteiger partial charge in [-0.15, -0.1) is 0 Å². The Morgan fingerprint density at radius 3 is 2.74 bits per heavy atom. The summed E-state index contributed by atoms with van der Waals surface area (Å²) in [7, 11) is 0. The first-order valence-electron chi connectivity index (χ1n) is 8.96. The fourth-order valence-electron chi connectivity index (χ4n) is 3.05. The van der Waals surface area contributed by atoms with E-state index in [1.165, 1.54) is 18.7 Å². The third-order valence-corrected chi connectivity index (χ3v) is 4.52. The monoisotopic (exact) mass is 375 g/mol. The zero-order valence-electron chi connectivity index (χ0n) is 15.6. The molecule has 8 heteroatoms. The molecule has 1 heterocycles. The molecule has 146 valence electrons. The fourth-order valence-corrected chi connectivity index (χ4v) is 3.05. The van der Waals surface area contributed by atoms with E-state index in [0.717, 1.165) is 16.8 Å². The number of carbonyl (C=O) groups excluding carboxylic acids is 3. The number of rotatable bonds is 9. The summed E-state index contributed by atoms with van der Waals surface area (Å²) in [6, 6.07) is 4.79. The van der Waals surface area contributed by atoms with Crippen molar-refractivity contribution in [2.24, 2.45) is 0 Å². The van der Waals surface area contributed by atoms with Crippen molar-refractivity contribution in [3.63, 3.8) is 0 Å². The van der Waals surface area contributed by atoms with Crippen LogP contribution in [0.1, 0.15) is 37.8 Å². The molecule has 8 nitrogen and oxygen atoms in total. The molecule has 0 fully saturated rings. The number of nitrogens with zero attached hydrogens (tertiary/aromatic N) is 1. The van der Waals surface area contributed by atoms with E-state index in [-0.39, 0.29) is 37.2 Å². The van der Waals surface area contributed by atoms with Crippen LogP contribution in [-0.4, -0.2) is 52.8 Å². The maximum absolute atomic E-state index is 12.5. The summed E-state index contributed by atoms with van der Waals surface area (Å²) in [4.78, 5) is 47.4. The van der Waals surface area contributed by atoms with Gasteiger partial charge in [-0.1, -0.05) is 12.1 Å². The second-order valence-electron chi connectivity index (χ2n) is 6.65. The van der Waals surface area contributed by atoms with Crippen LogP contribution in [0.4, 0.5) is 5.69 Å². The quantitative estimate of drug-likeness (QED) is 0.594. The standard InChI is InChI=1S/C19H25N3O5/c1-12(19(26)27)22(9-8-20-13(2)23)18(25)5-3-4-14-6-7-16-15(10-14)11-17(24)21-16/h6-7,10,12H,3-5,8-9,11H2,1-2H3,(H,20,23)(H,21,24)(H,26,27). The molecule has 0 aromatic heterocycles. The average Bonchev–Trinajstić information content (AvgIpc) is 2.97. The zero-order chi connectivity index (χ0) is 20.0. The van der Waals surface area contributed by atoms with Crippen molar-refractivity contribution >= 4 is 29.4 Å². The molecule has 0 saturated carbocycles. The van der Waals surface area contributed by atoms with Gasteiger partial charge < -0.3 is 20.6 Å². The van der Waals surface area contributed by atoms with Gasteiger partial charge in [0.25, 0.3) is 0 Å². The van der Waals surface area contributed by atoms with Crippen molar-refractivity contribution in [2.75, 3.05) is 18.4 Å². The smallest absolute Gasteiger partial charge is 0.326 e. The van der Waals surface area contributed by atoms with E-state index in [0.29, 0.717) is 19.3 Å². The molecule has 1 unspecified atom stereocenters. The van der Waals surface area contributed by atoms with E-state index in [1.807, 2.05) is 18.2 Å². The second kappa shape index (κ2) is 9.16. The Bertz CT molecular complexity index is 747. The SMILES string of the molecule is CC(=O)NCCN(C(=O)CCCc1ccc2c(c1)CC(=O)N2)C(C)C(=O)O. The highest BCUT2D eigenvalue weighted by Gasteiger charge is 2.25. The lowest BCUT2D eigenvalue weighted by Gasteiger charge is -2.26. The molecule has 1 aromatic rings. The van der Waals surface area contributed by atoms with E-state index in [1.54, 1.807) is 0 Å². The number of carboxylic acid groups (broad SMARTS) is 1. The molecule has 2 rings (SSSR count). The summed E-state index contributed by atoms with van der Waals surface area (Å²) in [6.07, 6.45) is 1.82. The topological polar surface area (TPSA) is 116 Å². The highest BCUT2D eigenvalue weighted by Crippen LogP contribution is 2.24. The Labute approximate surface area is 157 Å². The normalized spacial score (nSPS) is 13.5. The van der Waals surface area contributed by atoms with Crippen molar-refractivity contribution in [2.45, 2.75) is 45.6 Å². The van der Waals surface area contributed by atoms with Gasteiger partial charge in [0.2, 0.25) is 17.7 Å². The molecule has 0 radical (unpaired) electrons. The van der Waals surface area contributed by atoms with E-state index < -0.39 is 12.0 Å². The molecule has 1 aromatic carbocycles. The summed E-state index contributed by atoms with van der Waals surface area (Å²) in [5.41, 5.74) is 2.83. The molecule has 1 aliphatic heterocycles. The van der Waals surface area contributed by atoms with Gasteiger partial charge in [-0.05, 0) is 37.0 Å². The first-order chi connectivity index (χ1) is 12.8. The molecule has 0 spiro atoms. The minimum atomic E-state index is -1.08. The molecule has 27 heavy (non-hydrogen) atoms. The number of amides is 3. The van der Waals surface area contributed by atoms with Crippen molar-refractivity contribution in [1.29, 1.82) is 0 Å². The van der Waals surface area contributed by atoms with Crippen LogP contribution < -0.4 is 10.6 Å². The first kappa shape index (κ1) is 20.4. The predicted octanol–water partition coefficient (Wildman–Crippen LogP) is 0.942. The van der Waals surface area contributed by atoms with Crippen LogP contribution in [-0.2, 0) is 32.0 Å². The number of aliphatic carboxylic acids is 1. The number of anilines is 1. The molecular weight excluding hydrogens is 350 g/mol. The van der Waals surface area contributed by atoms with Crippen LogP contribution in [0.2, 0.25) is 0 Å². The Hall–Kier alpha value is -2.90. The average molecular weight is 375 g/mol. The minimum Gasteiger partial charge on any atom is -0.480 e. The van der Waals surface area contributed by atoms with Crippen molar-refractivity contribution in [1.82, 2.24) is 10.2 Å². The molecule has 0 bridgehead atoms. The van der Waals surface area contributed by atoms with Crippen molar-refractivity contribution < 1.29 is 24.3 Å². The van der Waals surface area contributed by atoms with Crippen LogP contribution in [0.3, 0.4) is 0 Å². The highest BCUT2D eigenvalue weighted by molar-refractivity contribution is 5.99. The third-order valence-electron chi connectivity index (χ3n) is 4.52. The molecule has 0 saturated heterocycles. The Morgan fingerprint density at radius 1 is 1.33 bits per heavy atom. The van der Waals surface area contributed by atoms with Gasteiger partial charge in [-0.25, -0.2) is 4.79 Å². The van der Waals surface area contributed by atoms with Crippen molar-refractivity contribution in [3.05, 3.63) is 29.3 Å². The Morgan fingerprint density at radius 2 is 2.07 bits per heavy atom. The fraction of sp³-hybridized carbons (Fsp3) is 0.474. The summed E-state index contributed by atoms with van der Waals surface area (Å²) in [5, 5.41) is 14.6. The number of hydrogen-bond donors (Lipinski definition) is 3. The Balaban J connectivity index is 1.89. The third kappa shape index (κ3) is 5.80. The van der Waals surface area contributed by atoms with E-state index in [9.17, 15) is 24.3 Å². The number of carboxylic acids is 1. The van der Waals surface area contributed by atoms with E-state index in [4.69, 9.17) is 0 Å². The summed E-state index contributed by atoms with van der Waals surface area (Å²) >= 11 is 0. The lowest BCUT2D eigenvalue weighted by molar-refractivity contribution is -0.149. The molecule has 3 N–H and O–H groups in total. The van der Waals surface area contributed by atoms with Crippen molar-refractivity contribution in [3.8, 4) is 0 Å². The van der Waals surface area contributed by atoms with Gasteiger partial charge in [0, 0.05) is 32.1 Å². The zero-order valence-corrected chi connectivity index (χ0v) is 15.6. The van der Waals surface area contributed by atoms with Gasteiger partial charge in [0.15, 0.2) is 0 Å². The van der Waals surface area contributed by atoms with Crippen LogP contribution in [0.15, 0.2) is 18.2 Å². The molecule has 1 aliphatic rings. The van der Waals surface area contributed by atoms with Crippen LogP contribution in [0, 0.1) is 0 Å². The molecule has 3 amide bonds. The first-order valence-corrected chi connectivity index (χ1v) is 8.96. The maximum atomic E-state index is 12.5. The number of nitrogens with one attached hydrogen (secondary N) is 2. The molecular formula is C19H25N3O5. The van der Waals surface area contributed by atoms with Gasteiger partial charge in [-0.2, -0.15) is 0 Å². The molecule has 0 aliphatic carbocycles. The largest absolute Gasteiger partial charge is 0.480 e. The second-order valence-corrected chi connectivity index (χ2v) is 6.65. The number of aryl methyl sites for hydroxylation is 1. The van der Waals surface area contributed by atoms with Crippen LogP contribution >= 0.6 is 0 Å². The van der Waals surface area contributed by atoms with Crippen LogP contribution in [0.5, 0.6) is 0 Å². The number of hydrogen-bond acceptors (Lipinski definition) is 4. The van der Waals surface area contributed by atoms with Crippen LogP contribution in [0.25, 0.3) is 0 Å². The number of fused-ring (bicyclic) bond motifs is 1. The lowest BCUT2D eigenvalue weighted by atomic mass is 10.0. The number of benzene rings is 1.